The summed E-state index contributed by atoms with van der Waals surface area (Å²) in [7, 11) is 0. The third-order valence-corrected chi connectivity index (χ3v) is 8.54. The van der Waals surface area contributed by atoms with Crippen LogP contribution in [0.25, 0.3) is 22.4 Å². The smallest absolute Gasteiger partial charge is 0.153 e. The first kappa shape index (κ1) is 26.2. The molecule has 1 N–H and O–H groups in total. The number of nitrogens with zero attached hydrogens (tertiary/aromatic N) is 6. The minimum atomic E-state index is 0.738. The summed E-state index contributed by atoms with van der Waals surface area (Å²) in [5.74, 6) is 1.97. The Kier molecular flexibility index (Phi) is 6.76. The largest absolute Gasteiger partial charge is 0.355 e. The molecule has 0 saturated carbocycles. The van der Waals surface area contributed by atoms with Crippen molar-refractivity contribution >= 4 is 28.6 Å². The molecule has 2 aromatic carbocycles. The van der Waals surface area contributed by atoms with Crippen LogP contribution in [-0.4, -0.2) is 36.8 Å². The van der Waals surface area contributed by atoms with Gasteiger partial charge in [0.2, 0.25) is 0 Å². The molecule has 1 saturated heterocycles. The molecular formula is C37H33N7. The molecule has 6 heterocycles. The van der Waals surface area contributed by atoms with Gasteiger partial charge in [-0.15, -0.1) is 0 Å². The second-order valence-electron chi connectivity index (χ2n) is 11.4. The summed E-state index contributed by atoms with van der Waals surface area (Å²) in [5, 5.41) is 3.48. The lowest BCUT2D eigenvalue weighted by molar-refractivity contribution is 0.920. The van der Waals surface area contributed by atoms with Gasteiger partial charge in [0.1, 0.15) is 11.3 Å². The fraction of sp³-hybridized carbons (Fsp3) is 0.162. The van der Waals surface area contributed by atoms with Gasteiger partial charge in [-0.25, -0.2) is 9.97 Å². The standard InChI is InChI=1S/C37H33N7/c1-2-10-27(11-3-1)25-33-37(42-20-6-7-21-42)41-36-31(13-9-23-44(33)36)29-17-15-28(16-18-29)24-32-35(39-30-12-8-19-38-26-30)40-34-14-4-5-22-43(32)34/h1-5,8-19,22-23,26,39H,6-7,20-21,24-25H2. The van der Waals surface area contributed by atoms with Gasteiger partial charge >= 0.3 is 0 Å². The zero-order valence-electron chi connectivity index (χ0n) is 24.5. The average molecular weight is 576 g/mol. The lowest BCUT2D eigenvalue weighted by Gasteiger charge is -2.16. The van der Waals surface area contributed by atoms with Gasteiger partial charge in [0.25, 0.3) is 0 Å². The Morgan fingerprint density at radius 1 is 0.659 bits per heavy atom. The lowest BCUT2D eigenvalue weighted by Crippen LogP contribution is -2.19. The van der Waals surface area contributed by atoms with Crippen LogP contribution in [0.15, 0.2) is 122 Å². The molecule has 216 valence electrons. The van der Waals surface area contributed by atoms with E-state index in [9.17, 15) is 0 Å². The van der Waals surface area contributed by atoms with Crippen molar-refractivity contribution in [3.05, 3.63) is 144 Å². The van der Waals surface area contributed by atoms with Crippen LogP contribution in [0.5, 0.6) is 0 Å². The molecule has 1 fully saturated rings. The fourth-order valence-electron chi connectivity index (χ4n) is 6.35. The first-order valence-corrected chi connectivity index (χ1v) is 15.3. The quantitative estimate of drug-likeness (QED) is 0.203. The van der Waals surface area contributed by atoms with E-state index in [2.05, 4.69) is 103 Å². The van der Waals surface area contributed by atoms with Crippen LogP contribution in [0, 0.1) is 0 Å². The van der Waals surface area contributed by atoms with Crippen molar-refractivity contribution in [2.45, 2.75) is 25.7 Å². The number of benzene rings is 2. The first-order chi connectivity index (χ1) is 21.8. The van der Waals surface area contributed by atoms with Gasteiger partial charge in [-0.2, -0.15) is 0 Å². The van der Waals surface area contributed by atoms with Crippen LogP contribution in [0.2, 0.25) is 0 Å². The molecular weight excluding hydrogens is 542 g/mol. The number of imidazole rings is 2. The summed E-state index contributed by atoms with van der Waals surface area (Å²) in [6.07, 6.45) is 11.9. The molecule has 0 radical (unpaired) electrons. The van der Waals surface area contributed by atoms with Crippen molar-refractivity contribution in [2.75, 3.05) is 23.3 Å². The summed E-state index contributed by atoms with van der Waals surface area (Å²) in [6, 6.07) is 34.0. The molecule has 7 heteroatoms. The number of anilines is 3. The van der Waals surface area contributed by atoms with Crippen LogP contribution >= 0.6 is 0 Å². The highest BCUT2D eigenvalue weighted by Gasteiger charge is 2.23. The molecule has 0 unspecified atom stereocenters. The molecule has 0 aliphatic carbocycles. The van der Waals surface area contributed by atoms with Crippen LogP contribution in [0.3, 0.4) is 0 Å². The number of aromatic nitrogens is 5. The highest BCUT2D eigenvalue weighted by molar-refractivity contribution is 5.80. The molecule has 7 nitrogen and oxygen atoms in total. The number of rotatable bonds is 8. The number of fused-ring (bicyclic) bond motifs is 2. The summed E-state index contributed by atoms with van der Waals surface area (Å²) >= 11 is 0. The van der Waals surface area contributed by atoms with Crippen LogP contribution in [0.4, 0.5) is 17.3 Å². The molecule has 44 heavy (non-hydrogen) atoms. The minimum absolute atomic E-state index is 0.738. The zero-order chi connectivity index (χ0) is 29.3. The van der Waals surface area contributed by atoms with Gasteiger partial charge in [0, 0.05) is 50.1 Å². The van der Waals surface area contributed by atoms with Crippen molar-refractivity contribution in [1.82, 2.24) is 23.8 Å². The van der Waals surface area contributed by atoms with E-state index in [4.69, 9.17) is 9.97 Å². The van der Waals surface area contributed by atoms with E-state index in [-0.39, 0.29) is 0 Å². The van der Waals surface area contributed by atoms with Crippen LogP contribution in [-0.2, 0) is 12.8 Å². The van der Waals surface area contributed by atoms with Crippen LogP contribution in [0.1, 0.15) is 35.4 Å². The van der Waals surface area contributed by atoms with Gasteiger partial charge in [-0.3, -0.25) is 4.98 Å². The van der Waals surface area contributed by atoms with E-state index in [1.54, 1.807) is 6.20 Å². The van der Waals surface area contributed by atoms with Crippen molar-refractivity contribution < 1.29 is 0 Å². The molecule has 0 atom stereocenters. The summed E-state index contributed by atoms with van der Waals surface area (Å²) in [5.41, 5.74) is 10.0. The predicted octanol–water partition coefficient (Wildman–Crippen LogP) is 7.57. The fourth-order valence-corrected chi connectivity index (χ4v) is 6.35. The molecule has 5 aromatic heterocycles. The van der Waals surface area contributed by atoms with Crippen LogP contribution < -0.4 is 10.2 Å². The van der Waals surface area contributed by atoms with Crippen molar-refractivity contribution in [3.63, 3.8) is 0 Å². The Morgan fingerprint density at radius 3 is 2.25 bits per heavy atom. The van der Waals surface area contributed by atoms with Crippen molar-refractivity contribution in [1.29, 1.82) is 0 Å². The number of hydrogen-bond donors (Lipinski definition) is 1. The maximum atomic E-state index is 5.30. The molecule has 0 amide bonds. The van der Waals surface area contributed by atoms with Crippen molar-refractivity contribution in [3.8, 4) is 11.1 Å². The Morgan fingerprint density at radius 2 is 1.43 bits per heavy atom. The van der Waals surface area contributed by atoms with Gasteiger partial charge in [0.15, 0.2) is 11.6 Å². The van der Waals surface area contributed by atoms with Gasteiger partial charge in [-0.05, 0) is 65.9 Å². The van der Waals surface area contributed by atoms with E-state index in [1.807, 2.05) is 36.5 Å². The average Bonchev–Trinajstić information content (AvgIpc) is 3.81. The Balaban J connectivity index is 1.14. The minimum Gasteiger partial charge on any atom is -0.355 e. The van der Waals surface area contributed by atoms with Gasteiger partial charge in [-0.1, -0.05) is 60.7 Å². The molecule has 0 spiro atoms. The maximum absolute atomic E-state index is 5.30. The van der Waals surface area contributed by atoms with E-state index in [0.29, 0.717) is 0 Å². The second kappa shape index (κ2) is 11.3. The molecule has 7 aromatic rings. The molecule has 1 aliphatic rings. The monoisotopic (exact) mass is 575 g/mol. The first-order valence-electron chi connectivity index (χ1n) is 15.3. The number of hydrogen-bond acceptors (Lipinski definition) is 5. The van der Waals surface area contributed by atoms with Gasteiger partial charge in [0.05, 0.1) is 23.3 Å². The highest BCUT2D eigenvalue weighted by atomic mass is 15.2. The normalized spacial score (nSPS) is 13.2. The van der Waals surface area contributed by atoms with E-state index >= 15 is 0 Å². The van der Waals surface area contributed by atoms with E-state index in [0.717, 1.165) is 71.4 Å². The number of pyridine rings is 3. The van der Waals surface area contributed by atoms with E-state index in [1.165, 1.54) is 29.7 Å². The summed E-state index contributed by atoms with van der Waals surface area (Å²) in [6.45, 7) is 2.13. The lowest BCUT2D eigenvalue weighted by atomic mass is 10.0. The van der Waals surface area contributed by atoms with E-state index < -0.39 is 0 Å². The van der Waals surface area contributed by atoms with Crippen molar-refractivity contribution in [2.24, 2.45) is 0 Å². The molecule has 0 bridgehead atoms. The molecule has 1 aliphatic heterocycles. The predicted molar refractivity (Wildman–Crippen MR) is 177 cm³/mol. The Bertz CT molecular complexity index is 2040. The second-order valence-corrected chi connectivity index (χ2v) is 11.4. The number of nitrogens with one attached hydrogen (secondary N) is 1. The highest BCUT2D eigenvalue weighted by Crippen LogP contribution is 2.33. The van der Waals surface area contributed by atoms with Gasteiger partial charge < -0.3 is 19.0 Å². The SMILES string of the molecule is c1ccc(Cc2c(N3CCCC3)nc3c(-c4ccc(Cc5c(Nc6cccnc6)nc6ccccn56)cc4)cccn23)cc1. The Labute approximate surface area is 256 Å². The Hall–Kier alpha value is -5.43. The molecule has 8 rings (SSSR count). The maximum Gasteiger partial charge on any atom is 0.153 e. The third-order valence-electron chi connectivity index (χ3n) is 8.54. The third kappa shape index (κ3) is 4.96. The summed E-state index contributed by atoms with van der Waals surface area (Å²) < 4.78 is 4.46. The summed E-state index contributed by atoms with van der Waals surface area (Å²) in [4.78, 5) is 16.9. The topological polar surface area (TPSA) is 62.8 Å². The zero-order valence-corrected chi connectivity index (χ0v) is 24.5.